The summed E-state index contributed by atoms with van der Waals surface area (Å²) in [6.07, 6.45) is 7.34. The van der Waals surface area contributed by atoms with Crippen LogP contribution in [0.1, 0.15) is 56.9 Å². The zero-order valence-corrected chi connectivity index (χ0v) is 16.4. The second-order valence-corrected chi connectivity index (χ2v) is 8.83. The Labute approximate surface area is 162 Å². The molecule has 0 amide bonds. The summed E-state index contributed by atoms with van der Waals surface area (Å²) in [5.74, 6) is 1.23. The van der Waals surface area contributed by atoms with E-state index >= 15 is 0 Å². The molecule has 0 bridgehead atoms. The molecule has 2 aromatic carbocycles. The molecule has 0 N–H and O–H groups in total. The third kappa shape index (κ3) is 4.78. The third-order valence-corrected chi connectivity index (χ3v) is 6.17. The number of fused-ring (bicyclic) bond motifs is 1. The van der Waals surface area contributed by atoms with Gasteiger partial charge in [0.25, 0.3) is 0 Å². The Morgan fingerprint density at radius 2 is 1.64 bits per heavy atom. The first kappa shape index (κ1) is 20.9. The van der Waals surface area contributed by atoms with Gasteiger partial charge in [-0.3, -0.25) is 0 Å². The molecule has 1 fully saturated rings. The molecular formula is C20H23F3O4S. The van der Waals surface area contributed by atoms with Crippen molar-refractivity contribution in [2.24, 2.45) is 5.92 Å². The van der Waals surface area contributed by atoms with E-state index in [1.54, 1.807) is 6.07 Å². The standard InChI is InChI=1S/C20H23F3O4S/c1-2-3-14-4-6-15(7-5-14)16-8-9-18-13-19(11-10-17(18)12-16)26-27-28(24,25)20(21,22)23/h8-15H,2-7H2,1H3. The molecule has 0 unspecified atom stereocenters. The van der Waals surface area contributed by atoms with E-state index in [4.69, 9.17) is 0 Å². The van der Waals surface area contributed by atoms with Crippen molar-refractivity contribution in [1.82, 2.24) is 0 Å². The Hall–Kier alpha value is -1.80. The summed E-state index contributed by atoms with van der Waals surface area (Å²) >= 11 is 0. The molecule has 0 saturated heterocycles. The minimum Gasteiger partial charge on any atom is -0.321 e. The molecule has 28 heavy (non-hydrogen) atoms. The van der Waals surface area contributed by atoms with Gasteiger partial charge in [0.2, 0.25) is 0 Å². The minimum atomic E-state index is -5.80. The SMILES string of the molecule is CCCC1CCC(c2ccc3cc(OOS(=O)(=O)C(F)(F)F)ccc3c2)CC1. The van der Waals surface area contributed by atoms with E-state index in [1.165, 1.54) is 56.2 Å². The average molecular weight is 416 g/mol. The van der Waals surface area contributed by atoms with Crippen LogP contribution >= 0.6 is 0 Å². The number of benzene rings is 2. The molecule has 3 rings (SSSR count). The number of rotatable bonds is 6. The number of halogens is 3. The predicted octanol–water partition coefficient (Wildman–Crippen LogP) is 6.07. The normalized spacial score (nSPS) is 21.0. The van der Waals surface area contributed by atoms with Crippen LogP contribution in [-0.4, -0.2) is 13.9 Å². The van der Waals surface area contributed by atoms with Gasteiger partial charge < -0.3 is 4.89 Å². The molecule has 154 valence electrons. The molecule has 2 aromatic rings. The Balaban J connectivity index is 1.69. The Bertz CT molecular complexity index is 917. The molecule has 0 heterocycles. The van der Waals surface area contributed by atoms with Crippen LogP contribution in [0.15, 0.2) is 36.4 Å². The quantitative estimate of drug-likeness (QED) is 0.326. The van der Waals surface area contributed by atoms with Crippen molar-refractivity contribution >= 4 is 20.9 Å². The zero-order chi connectivity index (χ0) is 20.4. The lowest BCUT2D eigenvalue weighted by molar-refractivity contribution is -0.128. The lowest BCUT2D eigenvalue weighted by atomic mass is 9.77. The van der Waals surface area contributed by atoms with Crippen molar-refractivity contribution in [3.8, 4) is 5.75 Å². The second kappa shape index (κ2) is 8.29. The summed E-state index contributed by atoms with van der Waals surface area (Å²) in [5, 5.41) is 1.65. The highest BCUT2D eigenvalue weighted by Crippen LogP contribution is 2.38. The fourth-order valence-electron chi connectivity index (χ4n) is 3.86. The summed E-state index contributed by atoms with van der Waals surface area (Å²) in [6, 6.07) is 10.5. The lowest BCUT2D eigenvalue weighted by Crippen LogP contribution is -2.26. The Morgan fingerprint density at radius 3 is 2.29 bits per heavy atom. The fraction of sp³-hybridized carbons (Fsp3) is 0.500. The molecule has 1 aliphatic rings. The van der Waals surface area contributed by atoms with Crippen LogP contribution in [0.4, 0.5) is 13.2 Å². The van der Waals surface area contributed by atoms with Crippen molar-refractivity contribution in [1.29, 1.82) is 0 Å². The van der Waals surface area contributed by atoms with E-state index in [9.17, 15) is 21.6 Å². The molecule has 0 aliphatic heterocycles. The molecule has 0 atom stereocenters. The maximum atomic E-state index is 12.3. The zero-order valence-electron chi connectivity index (χ0n) is 15.5. The molecule has 0 spiro atoms. The van der Waals surface area contributed by atoms with Gasteiger partial charge in [-0.1, -0.05) is 44.0 Å². The molecule has 8 heteroatoms. The molecule has 0 radical (unpaired) electrons. The van der Waals surface area contributed by atoms with Crippen LogP contribution in [0, 0.1) is 5.92 Å². The van der Waals surface area contributed by atoms with Crippen LogP contribution in [0.25, 0.3) is 10.8 Å². The van der Waals surface area contributed by atoms with Gasteiger partial charge in [0.05, 0.1) is 0 Å². The highest BCUT2D eigenvalue weighted by atomic mass is 32.2. The maximum absolute atomic E-state index is 12.3. The van der Waals surface area contributed by atoms with E-state index in [0.717, 1.165) is 16.7 Å². The van der Waals surface area contributed by atoms with Gasteiger partial charge in [0, 0.05) is 0 Å². The van der Waals surface area contributed by atoms with Crippen molar-refractivity contribution in [2.45, 2.75) is 56.9 Å². The Kier molecular flexibility index (Phi) is 6.19. The minimum absolute atomic E-state index is 0.117. The fourth-order valence-corrected chi connectivity index (χ4v) is 4.11. The topological polar surface area (TPSA) is 52.6 Å². The van der Waals surface area contributed by atoms with Crippen molar-refractivity contribution in [3.05, 3.63) is 42.0 Å². The van der Waals surface area contributed by atoms with Crippen molar-refractivity contribution < 1.29 is 30.8 Å². The number of hydrogen-bond acceptors (Lipinski definition) is 4. The van der Waals surface area contributed by atoms with Gasteiger partial charge >= 0.3 is 15.6 Å². The molecule has 4 nitrogen and oxygen atoms in total. The molecule has 1 aliphatic carbocycles. The van der Waals surface area contributed by atoms with E-state index in [1.807, 2.05) is 12.1 Å². The predicted molar refractivity (Wildman–Crippen MR) is 100 cm³/mol. The molecule has 0 aromatic heterocycles. The van der Waals surface area contributed by atoms with Gasteiger partial charge in [-0.2, -0.15) is 21.6 Å². The van der Waals surface area contributed by atoms with E-state index < -0.39 is 15.6 Å². The van der Waals surface area contributed by atoms with Crippen LogP contribution in [0.3, 0.4) is 0 Å². The molecule has 1 saturated carbocycles. The smallest absolute Gasteiger partial charge is 0.321 e. The van der Waals surface area contributed by atoms with Gasteiger partial charge in [0.15, 0.2) is 5.75 Å². The lowest BCUT2D eigenvalue weighted by Gasteiger charge is -2.28. The van der Waals surface area contributed by atoms with Gasteiger partial charge in [-0.25, -0.2) is 0 Å². The monoisotopic (exact) mass is 416 g/mol. The van der Waals surface area contributed by atoms with Crippen LogP contribution in [0.2, 0.25) is 0 Å². The first-order chi connectivity index (χ1) is 13.2. The average Bonchev–Trinajstić information content (AvgIpc) is 2.66. The first-order valence-electron chi connectivity index (χ1n) is 9.40. The van der Waals surface area contributed by atoms with Crippen LogP contribution < -0.4 is 4.89 Å². The summed E-state index contributed by atoms with van der Waals surface area (Å²) < 4.78 is 62.3. The van der Waals surface area contributed by atoms with Crippen molar-refractivity contribution in [2.75, 3.05) is 0 Å². The summed E-state index contributed by atoms with van der Waals surface area (Å²) in [6.45, 7) is 2.22. The largest absolute Gasteiger partial charge is 0.526 e. The van der Waals surface area contributed by atoms with E-state index in [2.05, 4.69) is 22.2 Å². The van der Waals surface area contributed by atoms with Crippen LogP contribution in [0.5, 0.6) is 5.75 Å². The highest BCUT2D eigenvalue weighted by molar-refractivity contribution is 7.87. The number of alkyl halides is 3. The third-order valence-electron chi connectivity index (χ3n) is 5.35. The first-order valence-corrected chi connectivity index (χ1v) is 10.8. The summed E-state index contributed by atoms with van der Waals surface area (Å²) in [7, 11) is -5.80. The Morgan fingerprint density at radius 1 is 1.00 bits per heavy atom. The van der Waals surface area contributed by atoms with Gasteiger partial charge in [0.1, 0.15) is 0 Å². The molecular weight excluding hydrogens is 393 g/mol. The highest BCUT2D eigenvalue weighted by Gasteiger charge is 2.49. The van der Waals surface area contributed by atoms with Gasteiger partial charge in [-0.05, 0) is 70.3 Å². The van der Waals surface area contributed by atoms with Crippen LogP contribution in [-0.2, 0) is 14.5 Å². The second-order valence-electron chi connectivity index (χ2n) is 7.33. The van der Waals surface area contributed by atoms with Crippen molar-refractivity contribution in [3.63, 3.8) is 0 Å². The van der Waals surface area contributed by atoms with E-state index in [-0.39, 0.29) is 5.75 Å². The number of hydrogen-bond donors (Lipinski definition) is 0. The summed E-state index contributed by atoms with van der Waals surface area (Å²) in [5.41, 5.74) is -4.28. The van der Waals surface area contributed by atoms with E-state index in [0.29, 0.717) is 5.92 Å². The van der Waals surface area contributed by atoms with Gasteiger partial charge in [-0.15, -0.1) is 0 Å². The maximum Gasteiger partial charge on any atom is 0.526 e. The summed E-state index contributed by atoms with van der Waals surface area (Å²) in [4.78, 5) is 4.38.